The molecule has 124 valence electrons. The summed E-state index contributed by atoms with van der Waals surface area (Å²) in [6, 6.07) is 7.09. The van der Waals surface area contributed by atoms with Crippen LogP contribution in [0.25, 0.3) is 0 Å². The lowest BCUT2D eigenvalue weighted by Gasteiger charge is -2.13. The standard InChI is InChI=1S/C16H21N2O4P/c1-11(23(3,4)20)8-14-17-15(22-18-14)10-12-6-5-7-13(9-12)16(19)21-2/h5-7,9,11H,8,10H2,1-4H3. The molecule has 0 saturated carbocycles. The Labute approximate surface area is 135 Å². The van der Waals surface area contributed by atoms with Gasteiger partial charge in [-0.1, -0.05) is 24.2 Å². The van der Waals surface area contributed by atoms with E-state index in [2.05, 4.69) is 10.1 Å². The number of esters is 1. The van der Waals surface area contributed by atoms with Crippen LogP contribution in [0.1, 0.15) is 34.6 Å². The minimum absolute atomic E-state index is 0.00982. The number of aromatic nitrogens is 2. The van der Waals surface area contributed by atoms with Gasteiger partial charge in [0.15, 0.2) is 5.82 Å². The molecule has 1 aromatic heterocycles. The Balaban J connectivity index is 2.07. The third-order valence-electron chi connectivity index (χ3n) is 3.75. The third-order valence-corrected chi connectivity index (χ3v) is 6.06. The molecule has 1 aromatic carbocycles. The fraction of sp³-hybridized carbons (Fsp3) is 0.438. The molecule has 2 aromatic rings. The highest BCUT2D eigenvalue weighted by atomic mass is 31.2. The summed E-state index contributed by atoms with van der Waals surface area (Å²) in [6.07, 6.45) is 0.956. The SMILES string of the molecule is COC(=O)c1cccc(Cc2nc(CC(C)P(C)(C)=O)no2)c1. The van der Waals surface area contributed by atoms with Crippen LogP contribution in [0.3, 0.4) is 0 Å². The summed E-state index contributed by atoms with van der Waals surface area (Å²) in [4.78, 5) is 15.9. The monoisotopic (exact) mass is 336 g/mol. The minimum atomic E-state index is -2.17. The normalized spacial score (nSPS) is 12.9. The molecule has 1 atom stereocenters. The number of methoxy groups -OCH3 is 1. The van der Waals surface area contributed by atoms with Crippen LogP contribution in [0.4, 0.5) is 0 Å². The van der Waals surface area contributed by atoms with E-state index in [1.165, 1.54) is 7.11 Å². The van der Waals surface area contributed by atoms with Crippen LogP contribution >= 0.6 is 7.14 Å². The molecule has 1 unspecified atom stereocenters. The highest BCUT2D eigenvalue weighted by Crippen LogP contribution is 2.43. The van der Waals surface area contributed by atoms with Crippen LogP contribution in [-0.4, -0.2) is 42.2 Å². The van der Waals surface area contributed by atoms with Crippen LogP contribution in [-0.2, 0) is 22.1 Å². The van der Waals surface area contributed by atoms with Gasteiger partial charge in [-0.2, -0.15) is 4.98 Å². The first kappa shape index (κ1) is 17.4. The Morgan fingerprint density at radius 1 is 1.39 bits per heavy atom. The number of rotatable bonds is 6. The van der Waals surface area contributed by atoms with E-state index in [4.69, 9.17) is 9.26 Å². The van der Waals surface area contributed by atoms with E-state index in [1.54, 1.807) is 31.5 Å². The summed E-state index contributed by atoms with van der Waals surface area (Å²) in [7, 11) is -0.826. The highest BCUT2D eigenvalue weighted by Gasteiger charge is 2.21. The lowest BCUT2D eigenvalue weighted by molar-refractivity contribution is 0.0600. The Morgan fingerprint density at radius 2 is 2.13 bits per heavy atom. The number of nitrogens with zero attached hydrogens (tertiary/aromatic N) is 2. The summed E-state index contributed by atoms with van der Waals surface area (Å²) >= 11 is 0. The van der Waals surface area contributed by atoms with Crippen molar-refractivity contribution in [3.8, 4) is 0 Å². The maximum absolute atomic E-state index is 12.0. The molecule has 7 heteroatoms. The second-order valence-corrected chi connectivity index (χ2v) is 9.71. The van der Waals surface area contributed by atoms with Crippen LogP contribution < -0.4 is 0 Å². The van der Waals surface area contributed by atoms with E-state index in [0.29, 0.717) is 30.1 Å². The summed E-state index contributed by atoms with van der Waals surface area (Å²) in [5.74, 6) is 0.644. The van der Waals surface area contributed by atoms with Gasteiger partial charge >= 0.3 is 5.97 Å². The molecule has 0 fully saturated rings. The van der Waals surface area contributed by atoms with E-state index in [9.17, 15) is 9.36 Å². The van der Waals surface area contributed by atoms with Crippen molar-refractivity contribution in [3.05, 3.63) is 47.1 Å². The number of ether oxygens (including phenoxy) is 1. The van der Waals surface area contributed by atoms with Gasteiger partial charge in [-0.3, -0.25) is 0 Å². The fourth-order valence-electron chi connectivity index (χ4n) is 2.03. The molecule has 0 radical (unpaired) electrons. The van der Waals surface area contributed by atoms with Crippen molar-refractivity contribution in [1.82, 2.24) is 10.1 Å². The first-order valence-electron chi connectivity index (χ1n) is 7.33. The molecule has 2 rings (SSSR count). The van der Waals surface area contributed by atoms with Gasteiger partial charge in [-0.05, 0) is 31.0 Å². The third kappa shape index (κ3) is 4.76. The number of carbonyl (C=O) groups excluding carboxylic acids is 1. The zero-order valence-corrected chi connectivity index (χ0v) is 14.7. The summed E-state index contributed by atoms with van der Waals surface area (Å²) in [5, 5.41) is 3.94. The van der Waals surface area contributed by atoms with Crippen molar-refractivity contribution in [2.75, 3.05) is 20.4 Å². The van der Waals surface area contributed by atoms with Gasteiger partial charge in [-0.25, -0.2) is 4.79 Å². The van der Waals surface area contributed by atoms with Crippen LogP contribution in [0, 0.1) is 0 Å². The average molecular weight is 336 g/mol. The quantitative estimate of drug-likeness (QED) is 0.596. The van der Waals surface area contributed by atoms with Crippen LogP contribution in [0.15, 0.2) is 28.8 Å². The molecule has 0 aliphatic rings. The van der Waals surface area contributed by atoms with Crippen LogP contribution in [0.5, 0.6) is 0 Å². The molecule has 0 amide bonds. The second-order valence-electron chi connectivity index (χ2n) is 5.96. The molecule has 1 heterocycles. The second kappa shape index (κ2) is 7.09. The number of benzene rings is 1. The van der Waals surface area contributed by atoms with E-state index < -0.39 is 7.14 Å². The average Bonchev–Trinajstić information content (AvgIpc) is 2.92. The smallest absolute Gasteiger partial charge is 0.337 e. The van der Waals surface area contributed by atoms with Gasteiger partial charge in [-0.15, -0.1) is 0 Å². The minimum Gasteiger partial charge on any atom is -0.465 e. The maximum Gasteiger partial charge on any atom is 0.337 e. The topological polar surface area (TPSA) is 82.3 Å². The molecule has 0 spiro atoms. The zero-order chi connectivity index (χ0) is 17.0. The van der Waals surface area contributed by atoms with Crippen molar-refractivity contribution in [2.24, 2.45) is 0 Å². The van der Waals surface area contributed by atoms with Crippen molar-refractivity contribution in [1.29, 1.82) is 0 Å². The zero-order valence-electron chi connectivity index (χ0n) is 13.8. The van der Waals surface area contributed by atoms with E-state index >= 15 is 0 Å². The molecule has 0 aliphatic carbocycles. The molecule has 0 bridgehead atoms. The first-order valence-corrected chi connectivity index (χ1v) is 10.00. The van der Waals surface area contributed by atoms with Gasteiger partial charge < -0.3 is 13.8 Å². The Morgan fingerprint density at radius 3 is 2.78 bits per heavy atom. The van der Waals surface area contributed by atoms with E-state index in [-0.39, 0.29) is 11.6 Å². The van der Waals surface area contributed by atoms with Crippen molar-refractivity contribution in [2.45, 2.75) is 25.4 Å². The fourth-order valence-corrected chi connectivity index (χ4v) is 2.63. The van der Waals surface area contributed by atoms with Gasteiger partial charge in [0, 0.05) is 12.1 Å². The van der Waals surface area contributed by atoms with Gasteiger partial charge in [0.1, 0.15) is 0 Å². The molecule has 0 aliphatic heterocycles. The number of carbonyl (C=O) groups is 1. The Bertz CT molecular complexity index is 735. The number of hydrogen-bond donors (Lipinski definition) is 0. The van der Waals surface area contributed by atoms with Crippen molar-refractivity contribution < 1.29 is 18.6 Å². The van der Waals surface area contributed by atoms with Crippen molar-refractivity contribution in [3.63, 3.8) is 0 Å². The van der Waals surface area contributed by atoms with Gasteiger partial charge in [0.25, 0.3) is 0 Å². The van der Waals surface area contributed by atoms with Crippen molar-refractivity contribution >= 4 is 13.1 Å². The van der Waals surface area contributed by atoms with E-state index in [1.807, 2.05) is 13.0 Å². The summed E-state index contributed by atoms with van der Waals surface area (Å²) < 4.78 is 22.0. The summed E-state index contributed by atoms with van der Waals surface area (Å²) in [6.45, 7) is 5.45. The largest absolute Gasteiger partial charge is 0.465 e. The summed E-state index contributed by atoms with van der Waals surface area (Å²) in [5.41, 5.74) is 1.37. The molecule has 6 nitrogen and oxygen atoms in total. The lowest BCUT2D eigenvalue weighted by atomic mass is 10.1. The highest BCUT2D eigenvalue weighted by molar-refractivity contribution is 7.63. The Kier molecular flexibility index (Phi) is 5.37. The van der Waals surface area contributed by atoms with Gasteiger partial charge in [0.2, 0.25) is 5.89 Å². The van der Waals surface area contributed by atoms with E-state index in [0.717, 1.165) is 5.56 Å². The molecule has 23 heavy (non-hydrogen) atoms. The molecule has 0 N–H and O–H groups in total. The molecular formula is C16H21N2O4P. The molecular weight excluding hydrogens is 315 g/mol. The maximum atomic E-state index is 12.0. The van der Waals surface area contributed by atoms with Crippen LogP contribution in [0.2, 0.25) is 0 Å². The predicted molar refractivity (Wildman–Crippen MR) is 87.5 cm³/mol. The Hall–Kier alpha value is -1.94. The predicted octanol–water partition coefficient (Wildman–Crippen LogP) is 3.00. The van der Waals surface area contributed by atoms with Gasteiger partial charge in [0.05, 0.1) is 26.2 Å². The molecule has 0 saturated heterocycles. The number of hydrogen-bond acceptors (Lipinski definition) is 6. The lowest BCUT2D eigenvalue weighted by Crippen LogP contribution is -2.07. The first-order chi connectivity index (χ1) is 10.8.